The number of nitrogens with zero attached hydrogens (tertiary/aromatic N) is 2. The summed E-state index contributed by atoms with van der Waals surface area (Å²) < 4.78 is 5.32. The average Bonchev–Trinajstić information content (AvgIpc) is 2.32. The lowest BCUT2D eigenvalue weighted by atomic mass is 10.1. The molecule has 0 aromatic carbocycles. The van der Waals surface area contributed by atoms with Crippen LogP contribution in [-0.2, 0) is 0 Å². The van der Waals surface area contributed by atoms with E-state index in [-0.39, 0.29) is 0 Å². The molecular weight excluding hydrogens is 216 g/mol. The zero-order chi connectivity index (χ0) is 12.7. The first kappa shape index (κ1) is 13.5. The third-order valence-electron chi connectivity index (χ3n) is 2.50. The van der Waals surface area contributed by atoms with E-state index in [1.165, 1.54) is 19.2 Å². The molecule has 1 heterocycles. The Balaban J connectivity index is 2.67. The Kier molecular flexibility index (Phi) is 5.52. The summed E-state index contributed by atoms with van der Waals surface area (Å²) in [6.45, 7) is 6.75. The van der Waals surface area contributed by atoms with E-state index in [2.05, 4.69) is 29.1 Å². The highest BCUT2D eigenvalue weighted by molar-refractivity contribution is 5.66. The van der Waals surface area contributed by atoms with E-state index in [0.29, 0.717) is 30.0 Å². The van der Waals surface area contributed by atoms with Gasteiger partial charge in [0, 0.05) is 6.04 Å². The summed E-state index contributed by atoms with van der Waals surface area (Å²) in [7, 11) is 0. The monoisotopic (exact) mass is 238 g/mol. The number of ether oxygens (including phenoxy) is 1. The number of nitrogens with one attached hydrogen (secondary N) is 1. The van der Waals surface area contributed by atoms with Crippen LogP contribution in [0, 0.1) is 0 Å². The van der Waals surface area contributed by atoms with Crippen molar-refractivity contribution in [1.29, 1.82) is 0 Å². The molecule has 0 aliphatic heterocycles. The van der Waals surface area contributed by atoms with Crippen LogP contribution in [0.1, 0.15) is 40.0 Å². The van der Waals surface area contributed by atoms with E-state index >= 15 is 0 Å². The maximum atomic E-state index is 5.93. The minimum Gasteiger partial charge on any atom is -0.476 e. The van der Waals surface area contributed by atoms with Gasteiger partial charge in [0.1, 0.15) is 12.0 Å². The Morgan fingerprint density at radius 1 is 1.41 bits per heavy atom. The van der Waals surface area contributed by atoms with E-state index in [0.717, 1.165) is 6.42 Å². The number of unbranched alkanes of at least 4 members (excludes halogenated alkanes) is 1. The molecular formula is C12H22N4O. The van der Waals surface area contributed by atoms with Gasteiger partial charge in [-0.3, -0.25) is 0 Å². The largest absolute Gasteiger partial charge is 0.476 e. The standard InChI is InChI=1S/C12H22N4O/c1-4-6-7-9(3)16-11-10(13)12(17-5-2)15-8-14-11/h8-9H,4-7,13H2,1-3H3,(H,14,15,16). The molecule has 0 aliphatic carbocycles. The molecule has 5 nitrogen and oxygen atoms in total. The molecule has 1 aromatic rings. The van der Waals surface area contributed by atoms with E-state index < -0.39 is 0 Å². The van der Waals surface area contributed by atoms with Crippen LogP contribution in [0.5, 0.6) is 5.88 Å². The minimum absolute atomic E-state index is 0.349. The maximum Gasteiger partial charge on any atom is 0.242 e. The van der Waals surface area contributed by atoms with Gasteiger partial charge in [-0.25, -0.2) is 4.98 Å². The molecule has 1 atom stereocenters. The summed E-state index contributed by atoms with van der Waals surface area (Å²) in [5, 5.41) is 3.29. The van der Waals surface area contributed by atoms with Gasteiger partial charge in [-0.15, -0.1) is 0 Å². The Bertz CT molecular complexity index is 343. The number of hydrogen-bond acceptors (Lipinski definition) is 5. The van der Waals surface area contributed by atoms with Gasteiger partial charge in [-0.2, -0.15) is 4.98 Å². The lowest BCUT2D eigenvalue weighted by Gasteiger charge is -2.16. The summed E-state index contributed by atoms with van der Waals surface area (Å²) in [4.78, 5) is 8.14. The summed E-state index contributed by atoms with van der Waals surface area (Å²) in [6, 6.07) is 0.349. The maximum absolute atomic E-state index is 5.93. The number of aromatic nitrogens is 2. The average molecular weight is 238 g/mol. The fraction of sp³-hybridized carbons (Fsp3) is 0.667. The van der Waals surface area contributed by atoms with Gasteiger partial charge < -0.3 is 15.8 Å². The topological polar surface area (TPSA) is 73.1 Å². The molecule has 5 heteroatoms. The van der Waals surface area contributed by atoms with Gasteiger partial charge in [0.15, 0.2) is 5.82 Å². The van der Waals surface area contributed by atoms with Crippen molar-refractivity contribution in [3.05, 3.63) is 6.33 Å². The Morgan fingerprint density at radius 3 is 2.82 bits per heavy atom. The molecule has 0 spiro atoms. The van der Waals surface area contributed by atoms with Crippen molar-refractivity contribution >= 4 is 11.5 Å². The molecule has 0 amide bonds. The summed E-state index contributed by atoms with van der Waals surface area (Å²) in [6.07, 6.45) is 4.95. The third-order valence-corrected chi connectivity index (χ3v) is 2.50. The highest BCUT2D eigenvalue weighted by Gasteiger charge is 2.10. The van der Waals surface area contributed by atoms with Crippen LogP contribution in [0.25, 0.3) is 0 Å². The second kappa shape index (κ2) is 6.93. The first-order chi connectivity index (χ1) is 8.19. The molecule has 96 valence electrons. The SMILES string of the molecule is CCCCC(C)Nc1ncnc(OCC)c1N. The molecule has 0 saturated heterocycles. The Hall–Kier alpha value is -1.52. The Morgan fingerprint density at radius 2 is 2.18 bits per heavy atom. The van der Waals surface area contributed by atoms with Gasteiger partial charge in [0.25, 0.3) is 0 Å². The summed E-state index contributed by atoms with van der Waals surface area (Å²) in [5.74, 6) is 1.11. The summed E-state index contributed by atoms with van der Waals surface area (Å²) in [5.41, 5.74) is 6.42. The first-order valence-electron chi connectivity index (χ1n) is 6.18. The van der Waals surface area contributed by atoms with Crippen LogP contribution in [-0.4, -0.2) is 22.6 Å². The van der Waals surface area contributed by atoms with E-state index in [1.807, 2.05) is 6.92 Å². The smallest absolute Gasteiger partial charge is 0.242 e. The molecule has 1 rings (SSSR count). The van der Waals surface area contributed by atoms with Crippen LogP contribution >= 0.6 is 0 Å². The molecule has 3 N–H and O–H groups in total. The zero-order valence-corrected chi connectivity index (χ0v) is 10.9. The van der Waals surface area contributed by atoms with Crippen molar-refractivity contribution in [3.63, 3.8) is 0 Å². The van der Waals surface area contributed by atoms with Crippen molar-refractivity contribution in [1.82, 2.24) is 9.97 Å². The lowest BCUT2D eigenvalue weighted by molar-refractivity contribution is 0.328. The first-order valence-corrected chi connectivity index (χ1v) is 6.18. The predicted octanol–water partition coefficient (Wildman–Crippen LogP) is 2.45. The van der Waals surface area contributed by atoms with Crippen LogP contribution in [0.3, 0.4) is 0 Å². The normalized spacial score (nSPS) is 12.2. The third kappa shape index (κ3) is 4.09. The second-order valence-electron chi connectivity index (χ2n) is 4.06. The zero-order valence-electron chi connectivity index (χ0n) is 10.9. The van der Waals surface area contributed by atoms with Gasteiger partial charge in [-0.1, -0.05) is 19.8 Å². The summed E-state index contributed by atoms with van der Waals surface area (Å²) >= 11 is 0. The molecule has 1 aromatic heterocycles. The van der Waals surface area contributed by atoms with Crippen molar-refractivity contribution < 1.29 is 4.74 Å². The quantitative estimate of drug-likeness (QED) is 0.763. The minimum atomic E-state index is 0.349. The van der Waals surface area contributed by atoms with Gasteiger partial charge in [0.05, 0.1) is 6.61 Å². The highest BCUT2D eigenvalue weighted by Crippen LogP contribution is 2.25. The van der Waals surface area contributed by atoms with Crippen LogP contribution in [0.4, 0.5) is 11.5 Å². The number of rotatable bonds is 7. The highest BCUT2D eigenvalue weighted by atomic mass is 16.5. The van der Waals surface area contributed by atoms with Crippen molar-refractivity contribution in [2.75, 3.05) is 17.7 Å². The Labute approximate surface area is 103 Å². The van der Waals surface area contributed by atoms with Crippen LogP contribution < -0.4 is 15.8 Å². The number of anilines is 2. The lowest BCUT2D eigenvalue weighted by Crippen LogP contribution is -2.17. The predicted molar refractivity (Wildman–Crippen MR) is 70.2 cm³/mol. The number of hydrogen-bond donors (Lipinski definition) is 2. The van der Waals surface area contributed by atoms with Gasteiger partial charge in [0.2, 0.25) is 5.88 Å². The number of nitrogen functional groups attached to an aromatic ring is 1. The van der Waals surface area contributed by atoms with Crippen molar-refractivity contribution in [2.45, 2.75) is 46.1 Å². The molecule has 0 bridgehead atoms. The van der Waals surface area contributed by atoms with Crippen molar-refractivity contribution in [3.8, 4) is 5.88 Å². The van der Waals surface area contributed by atoms with E-state index in [4.69, 9.17) is 10.5 Å². The van der Waals surface area contributed by atoms with Crippen molar-refractivity contribution in [2.24, 2.45) is 0 Å². The van der Waals surface area contributed by atoms with Gasteiger partial charge >= 0.3 is 0 Å². The molecule has 0 radical (unpaired) electrons. The number of nitrogens with two attached hydrogens (primary N) is 1. The van der Waals surface area contributed by atoms with E-state index in [1.54, 1.807) is 0 Å². The fourth-order valence-electron chi connectivity index (χ4n) is 1.56. The van der Waals surface area contributed by atoms with Gasteiger partial charge in [-0.05, 0) is 20.3 Å². The second-order valence-corrected chi connectivity index (χ2v) is 4.06. The molecule has 17 heavy (non-hydrogen) atoms. The van der Waals surface area contributed by atoms with E-state index in [9.17, 15) is 0 Å². The molecule has 1 unspecified atom stereocenters. The molecule has 0 saturated carbocycles. The van der Waals surface area contributed by atoms with Crippen LogP contribution in [0.15, 0.2) is 6.33 Å². The fourth-order valence-corrected chi connectivity index (χ4v) is 1.56. The molecule has 0 fully saturated rings. The molecule has 0 aliphatic rings. The van der Waals surface area contributed by atoms with Crippen LogP contribution in [0.2, 0.25) is 0 Å².